The summed E-state index contributed by atoms with van der Waals surface area (Å²) in [6, 6.07) is 1.30. The van der Waals surface area contributed by atoms with Crippen LogP contribution in [0.4, 0.5) is 0 Å². The second-order valence-electron chi connectivity index (χ2n) is 4.22. The lowest BCUT2D eigenvalue weighted by molar-refractivity contribution is 0.369. The fourth-order valence-electron chi connectivity index (χ4n) is 2.21. The SMILES string of the molecule is CCC[Si](OC)(C(C)C)C(C)C. The Morgan fingerprint density at radius 3 is 1.58 bits per heavy atom. The summed E-state index contributed by atoms with van der Waals surface area (Å²) in [7, 11) is 0.480. The van der Waals surface area contributed by atoms with Crippen LogP contribution in [-0.2, 0) is 4.43 Å². The van der Waals surface area contributed by atoms with Crippen molar-refractivity contribution in [3.8, 4) is 0 Å². The van der Waals surface area contributed by atoms with E-state index in [1.54, 1.807) is 0 Å². The van der Waals surface area contributed by atoms with Gasteiger partial charge in [0.25, 0.3) is 0 Å². The summed E-state index contributed by atoms with van der Waals surface area (Å²) in [5.74, 6) is 0. The Kier molecular flexibility index (Phi) is 5.10. The highest BCUT2D eigenvalue weighted by atomic mass is 28.4. The Balaban J connectivity index is 4.51. The summed E-state index contributed by atoms with van der Waals surface area (Å²) in [6.45, 7) is 11.5. The minimum absolute atomic E-state index is 0.738. The van der Waals surface area contributed by atoms with E-state index < -0.39 is 8.32 Å². The third kappa shape index (κ3) is 2.33. The van der Waals surface area contributed by atoms with E-state index in [1.807, 2.05) is 7.11 Å². The molecule has 0 aromatic carbocycles. The summed E-state index contributed by atoms with van der Waals surface area (Å²) in [5.41, 5.74) is 1.48. The molecule has 0 saturated heterocycles. The van der Waals surface area contributed by atoms with Gasteiger partial charge in [0, 0.05) is 7.11 Å². The van der Waals surface area contributed by atoms with Crippen LogP contribution in [0.2, 0.25) is 17.1 Å². The highest BCUT2D eigenvalue weighted by Crippen LogP contribution is 2.36. The van der Waals surface area contributed by atoms with Gasteiger partial charge in [-0.1, -0.05) is 41.0 Å². The first kappa shape index (κ1) is 12.2. The maximum atomic E-state index is 5.84. The molecule has 0 aromatic heterocycles. The Bertz CT molecular complexity index is 113. The largest absolute Gasteiger partial charge is 0.419 e. The van der Waals surface area contributed by atoms with Gasteiger partial charge in [0.15, 0.2) is 8.32 Å². The molecule has 0 fully saturated rings. The van der Waals surface area contributed by atoms with Crippen LogP contribution in [0.3, 0.4) is 0 Å². The van der Waals surface area contributed by atoms with Gasteiger partial charge >= 0.3 is 0 Å². The quantitative estimate of drug-likeness (QED) is 0.596. The fourth-order valence-corrected chi connectivity index (χ4v) is 6.62. The molecule has 0 N–H and O–H groups in total. The van der Waals surface area contributed by atoms with Crippen LogP contribution in [0.25, 0.3) is 0 Å². The fraction of sp³-hybridized carbons (Fsp3) is 1.00. The zero-order valence-corrected chi connectivity index (χ0v) is 10.5. The van der Waals surface area contributed by atoms with Crippen molar-refractivity contribution in [2.45, 2.75) is 58.2 Å². The third-order valence-corrected chi connectivity index (χ3v) is 8.93. The summed E-state index contributed by atoms with van der Waals surface area (Å²) in [4.78, 5) is 0. The first-order chi connectivity index (χ1) is 5.51. The van der Waals surface area contributed by atoms with Gasteiger partial charge in [-0.15, -0.1) is 0 Å². The van der Waals surface area contributed by atoms with Crippen molar-refractivity contribution in [3.63, 3.8) is 0 Å². The van der Waals surface area contributed by atoms with E-state index in [-0.39, 0.29) is 0 Å². The molecule has 0 radical (unpaired) electrons. The first-order valence-corrected chi connectivity index (χ1v) is 7.33. The minimum Gasteiger partial charge on any atom is -0.419 e. The van der Waals surface area contributed by atoms with E-state index in [4.69, 9.17) is 4.43 Å². The van der Waals surface area contributed by atoms with E-state index in [0.29, 0.717) is 0 Å². The van der Waals surface area contributed by atoms with Crippen molar-refractivity contribution in [2.75, 3.05) is 7.11 Å². The van der Waals surface area contributed by atoms with Crippen molar-refractivity contribution < 1.29 is 4.43 Å². The Labute approximate surface area is 78.6 Å². The number of rotatable bonds is 5. The van der Waals surface area contributed by atoms with Gasteiger partial charge in [-0.05, 0) is 17.1 Å². The molecule has 2 heteroatoms. The number of hydrogen-bond donors (Lipinski definition) is 0. The van der Waals surface area contributed by atoms with Gasteiger partial charge in [-0.2, -0.15) is 0 Å². The zero-order valence-electron chi connectivity index (χ0n) is 9.48. The van der Waals surface area contributed by atoms with E-state index in [2.05, 4.69) is 34.6 Å². The van der Waals surface area contributed by atoms with Crippen LogP contribution >= 0.6 is 0 Å². The van der Waals surface area contributed by atoms with Crippen LogP contribution in [0, 0.1) is 0 Å². The van der Waals surface area contributed by atoms with Gasteiger partial charge < -0.3 is 4.43 Å². The Hall–Kier alpha value is 0.177. The summed E-state index contributed by atoms with van der Waals surface area (Å²) in [5, 5.41) is 0. The molecule has 0 rings (SSSR count). The molecule has 1 nitrogen and oxygen atoms in total. The number of hydrogen-bond acceptors (Lipinski definition) is 1. The molecule has 0 aliphatic heterocycles. The molecule has 0 atom stereocenters. The molecule has 0 aliphatic carbocycles. The normalized spacial score (nSPS) is 13.0. The van der Waals surface area contributed by atoms with Gasteiger partial charge in [-0.3, -0.25) is 0 Å². The smallest absolute Gasteiger partial charge is 0.197 e. The van der Waals surface area contributed by atoms with Gasteiger partial charge in [0.2, 0.25) is 0 Å². The van der Waals surface area contributed by atoms with E-state index in [1.165, 1.54) is 12.5 Å². The van der Waals surface area contributed by atoms with Crippen LogP contribution < -0.4 is 0 Å². The van der Waals surface area contributed by atoms with Crippen molar-refractivity contribution in [2.24, 2.45) is 0 Å². The average Bonchev–Trinajstić information content (AvgIpc) is 1.98. The molecule has 0 amide bonds. The third-order valence-electron chi connectivity index (χ3n) is 2.98. The van der Waals surface area contributed by atoms with Gasteiger partial charge in [-0.25, -0.2) is 0 Å². The molecule has 0 bridgehead atoms. The predicted molar refractivity (Wildman–Crippen MR) is 58.1 cm³/mol. The van der Waals surface area contributed by atoms with Crippen molar-refractivity contribution in [1.29, 1.82) is 0 Å². The summed E-state index contributed by atoms with van der Waals surface area (Å²) >= 11 is 0. The monoisotopic (exact) mass is 188 g/mol. The first-order valence-electron chi connectivity index (χ1n) is 5.06. The van der Waals surface area contributed by atoms with E-state index >= 15 is 0 Å². The maximum absolute atomic E-state index is 5.84. The molecule has 0 unspecified atom stereocenters. The highest BCUT2D eigenvalue weighted by molar-refractivity contribution is 6.76. The lowest BCUT2D eigenvalue weighted by Gasteiger charge is -2.37. The zero-order chi connectivity index (χ0) is 9.78. The van der Waals surface area contributed by atoms with E-state index in [9.17, 15) is 0 Å². The lowest BCUT2D eigenvalue weighted by Crippen LogP contribution is -2.43. The summed E-state index contributed by atoms with van der Waals surface area (Å²) in [6.07, 6.45) is 1.26. The molecular formula is C10H24OSi. The predicted octanol–water partition coefficient (Wildman–Crippen LogP) is 3.81. The van der Waals surface area contributed by atoms with Crippen molar-refractivity contribution >= 4 is 8.32 Å². The molecule has 0 heterocycles. The molecule has 0 aromatic rings. The Morgan fingerprint density at radius 1 is 1.08 bits per heavy atom. The van der Waals surface area contributed by atoms with Crippen LogP contribution in [0.1, 0.15) is 41.0 Å². The molecule has 74 valence electrons. The highest BCUT2D eigenvalue weighted by Gasteiger charge is 2.39. The van der Waals surface area contributed by atoms with Gasteiger partial charge in [0.1, 0.15) is 0 Å². The second-order valence-corrected chi connectivity index (χ2v) is 9.35. The second kappa shape index (κ2) is 5.03. The lowest BCUT2D eigenvalue weighted by atomic mass is 10.5. The maximum Gasteiger partial charge on any atom is 0.197 e. The van der Waals surface area contributed by atoms with Crippen LogP contribution in [0.15, 0.2) is 0 Å². The summed E-state index contributed by atoms with van der Waals surface area (Å²) < 4.78 is 5.84. The molecule has 0 spiro atoms. The van der Waals surface area contributed by atoms with Crippen LogP contribution in [0.5, 0.6) is 0 Å². The van der Waals surface area contributed by atoms with Crippen LogP contribution in [-0.4, -0.2) is 15.4 Å². The average molecular weight is 188 g/mol. The standard InChI is InChI=1S/C10H24OSi/c1-7-8-12(11-6,9(2)3)10(4)5/h9-10H,7-8H2,1-6H3. The van der Waals surface area contributed by atoms with Crippen molar-refractivity contribution in [3.05, 3.63) is 0 Å². The van der Waals surface area contributed by atoms with Crippen molar-refractivity contribution in [1.82, 2.24) is 0 Å². The molecule has 0 saturated carbocycles. The molecular weight excluding hydrogens is 164 g/mol. The molecule has 0 aliphatic rings. The minimum atomic E-state index is -1.42. The molecule has 12 heavy (non-hydrogen) atoms. The topological polar surface area (TPSA) is 9.23 Å². The van der Waals surface area contributed by atoms with E-state index in [0.717, 1.165) is 11.1 Å². The van der Waals surface area contributed by atoms with Gasteiger partial charge in [0.05, 0.1) is 0 Å². The Morgan fingerprint density at radius 2 is 1.50 bits per heavy atom.